The van der Waals surface area contributed by atoms with Gasteiger partial charge in [-0.15, -0.1) is 0 Å². The van der Waals surface area contributed by atoms with Crippen molar-refractivity contribution in [2.75, 3.05) is 12.0 Å². The molecule has 2 rings (SSSR count). The van der Waals surface area contributed by atoms with Gasteiger partial charge in [0.15, 0.2) is 0 Å². The predicted molar refractivity (Wildman–Crippen MR) is 51.0 cm³/mol. The van der Waals surface area contributed by atoms with E-state index in [2.05, 4.69) is 10.3 Å². The molecule has 1 aliphatic heterocycles. The molecule has 0 fully saturated rings. The number of nitrogens with one attached hydrogen (secondary N) is 1. The van der Waals surface area contributed by atoms with Gasteiger partial charge in [-0.05, 0) is 6.07 Å². The average molecular weight is 157 g/mol. The molecule has 0 bridgehead atoms. The zero-order chi connectivity index (χ0) is 8.55. The fourth-order valence-electron chi connectivity index (χ4n) is 1.22. The number of benzene rings is 1. The number of anilines is 1. The van der Waals surface area contributed by atoms with Gasteiger partial charge in [0.1, 0.15) is 20.4 Å². The summed E-state index contributed by atoms with van der Waals surface area (Å²) in [4.78, 5) is 4.04. The fraction of sp³-hybridized carbons (Fsp3) is 0.125. The lowest BCUT2D eigenvalue weighted by atomic mass is 9.93. The van der Waals surface area contributed by atoms with E-state index in [0.717, 1.165) is 11.3 Å². The molecule has 58 valence electrons. The Hall–Kier alpha value is -1.45. The van der Waals surface area contributed by atoms with Crippen LogP contribution in [0.5, 0.6) is 0 Å². The summed E-state index contributed by atoms with van der Waals surface area (Å²) in [7, 11) is 5.61. The topological polar surface area (TPSA) is 50.4 Å². The van der Waals surface area contributed by atoms with Gasteiger partial charge in [0.05, 0.1) is 0 Å². The zero-order valence-corrected chi connectivity index (χ0v) is 6.54. The van der Waals surface area contributed by atoms with Crippen LogP contribution in [0, 0.1) is 0 Å². The van der Waals surface area contributed by atoms with Gasteiger partial charge in [-0.1, -0.05) is 17.6 Å². The van der Waals surface area contributed by atoms with Crippen molar-refractivity contribution < 1.29 is 0 Å². The van der Waals surface area contributed by atoms with E-state index in [1.165, 1.54) is 0 Å². The molecule has 1 aliphatic rings. The van der Waals surface area contributed by atoms with Crippen LogP contribution in [0.3, 0.4) is 0 Å². The molecule has 0 aliphatic carbocycles. The van der Waals surface area contributed by atoms with E-state index in [-0.39, 0.29) is 0 Å². The van der Waals surface area contributed by atoms with E-state index in [1.807, 2.05) is 18.2 Å². The molecular weight excluding hydrogens is 149 g/mol. The molecule has 0 saturated carbocycles. The highest BCUT2D eigenvalue weighted by atomic mass is 15.1. The lowest BCUT2D eigenvalue weighted by Gasteiger charge is -2.16. The number of nitrogens with two attached hydrogens (primary N) is 1. The molecule has 0 amide bonds. The third kappa shape index (κ3) is 1.05. The van der Waals surface area contributed by atoms with E-state index in [1.54, 1.807) is 0 Å². The van der Waals surface area contributed by atoms with E-state index >= 15 is 0 Å². The lowest BCUT2D eigenvalue weighted by molar-refractivity contribution is 1.11. The fourth-order valence-corrected chi connectivity index (χ4v) is 1.22. The second-order valence-electron chi connectivity index (χ2n) is 2.68. The Balaban J connectivity index is 2.58. The van der Waals surface area contributed by atoms with Crippen LogP contribution >= 0.6 is 0 Å². The number of rotatable bonds is 0. The SMILES string of the molecule is [B]c1ccc2c(c1)C(N)=NCN2. The minimum atomic E-state index is 0.544. The minimum Gasteiger partial charge on any atom is -0.383 e. The van der Waals surface area contributed by atoms with Gasteiger partial charge in [-0.2, -0.15) is 0 Å². The molecule has 12 heavy (non-hydrogen) atoms. The van der Waals surface area contributed by atoms with E-state index in [9.17, 15) is 0 Å². The van der Waals surface area contributed by atoms with Crippen LogP contribution < -0.4 is 16.5 Å². The van der Waals surface area contributed by atoms with Gasteiger partial charge in [-0.3, -0.25) is 0 Å². The van der Waals surface area contributed by atoms with Crippen LogP contribution in [0.2, 0.25) is 0 Å². The molecule has 3 nitrogen and oxygen atoms in total. The third-order valence-corrected chi connectivity index (χ3v) is 1.84. The van der Waals surface area contributed by atoms with Crippen molar-refractivity contribution in [2.45, 2.75) is 0 Å². The second kappa shape index (κ2) is 2.55. The van der Waals surface area contributed by atoms with Crippen LogP contribution in [0.1, 0.15) is 5.56 Å². The van der Waals surface area contributed by atoms with E-state index in [0.29, 0.717) is 18.0 Å². The summed E-state index contributed by atoms with van der Waals surface area (Å²) in [6.45, 7) is 0.544. The molecule has 0 aromatic heterocycles. The molecule has 1 aromatic rings. The molecule has 2 radical (unpaired) electrons. The monoisotopic (exact) mass is 157 g/mol. The first-order valence-electron chi connectivity index (χ1n) is 3.71. The summed E-state index contributed by atoms with van der Waals surface area (Å²) in [6.07, 6.45) is 0. The zero-order valence-electron chi connectivity index (χ0n) is 6.54. The number of aliphatic imine (C=N–C) groups is 1. The van der Waals surface area contributed by atoms with Crippen LogP contribution in [0.25, 0.3) is 0 Å². The summed E-state index contributed by atoms with van der Waals surface area (Å²) in [5.41, 5.74) is 8.26. The maximum absolute atomic E-state index is 5.67. The summed E-state index contributed by atoms with van der Waals surface area (Å²) >= 11 is 0. The molecule has 0 atom stereocenters. The number of hydrogen-bond donors (Lipinski definition) is 2. The van der Waals surface area contributed by atoms with Gasteiger partial charge in [0.25, 0.3) is 0 Å². The highest BCUT2D eigenvalue weighted by Gasteiger charge is 2.09. The van der Waals surface area contributed by atoms with Gasteiger partial charge < -0.3 is 11.1 Å². The van der Waals surface area contributed by atoms with Crippen molar-refractivity contribution in [3.8, 4) is 0 Å². The van der Waals surface area contributed by atoms with Crippen molar-refractivity contribution in [1.82, 2.24) is 0 Å². The first kappa shape index (κ1) is 7.22. The normalized spacial score (nSPS) is 14.5. The summed E-state index contributed by atoms with van der Waals surface area (Å²) in [5, 5.41) is 3.10. The first-order valence-corrected chi connectivity index (χ1v) is 3.71. The van der Waals surface area contributed by atoms with Crippen molar-refractivity contribution >= 4 is 24.8 Å². The van der Waals surface area contributed by atoms with E-state index < -0.39 is 0 Å². The average Bonchev–Trinajstić information content (AvgIpc) is 2.07. The standard InChI is InChI=1S/C8H8BN3/c9-5-1-2-7-6(3-5)8(10)12-4-11-7/h1-3,11H,4H2,(H2,10,12). The maximum atomic E-state index is 5.67. The Labute approximate surface area is 72.1 Å². The third-order valence-electron chi connectivity index (χ3n) is 1.84. The Bertz CT molecular complexity index is 346. The summed E-state index contributed by atoms with van der Waals surface area (Å²) in [5.74, 6) is 0.552. The number of amidine groups is 1. The molecule has 0 unspecified atom stereocenters. The maximum Gasteiger partial charge on any atom is 0.129 e. The van der Waals surface area contributed by atoms with Crippen molar-refractivity contribution in [3.63, 3.8) is 0 Å². The quantitative estimate of drug-likeness (QED) is 0.502. The van der Waals surface area contributed by atoms with Gasteiger partial charge >= 0.3 is 0 Å². The van der Waals surface area contributed by atoms with Crippen molar-refractivity contribution in [2.24, 2.45) is 10.7 Å². The Kier molecular flexibility index (Phi) is 1.53. The second-order valence-corrected chi connectivity index (χ2v) is 2.68. The highest BCUT2D eigenvalue weighted by Crippen LogP contribution is 2.15. The number of nitrogens with zero attached hydrogens (tertiary/aromatic N) is 1. The van der Waals surface area contributed by atoms with Crippen LogP contribution in [0.15, 0.2) is 23.2 Å². The van der Waals surface area contributed by atoms with Crippen molar-refractivity contribution in [3.05, 3.63) is 23.8 Å². The molecule has 1 aromatic carbocycles. The van der Waals surface area contributed by atoms with Gasteiger partial charge in [-0.25, -0.2) is 4.99 Å². The first-order chi connectivity index (χ1) is 5.77. The Morgan fingerprint density at radius 3 is 3.17 bits per heavy atom. The number of fused-ring (bicyclic) bond motifs is 1. The Morgan fingerprint density at radius 1 is 1.50 bits per heavy atom. The predicted octanol–water partition coefficient (Wildman–Crippen LogP) is -0.431. The summed E-state index contributed by atoms with van der Waals surface area (Å²) in [6, 6.07) is 5.57. The Morgan fingerprint density at radius 2 is 2.33 bits per heavy atom. The van der Waals surface area contributed by atoms with E-state index in [4.69, 9.17) is 13.6 Å². The number of hydrogen-bond acceptors (Lipinski definition) is 3. The minimum absolute atomic E-state index is 0.544. The highest BCUT2D eigenvalue weighted by molar-refractivity contribution is 6.33. The van der Waals surface area contributed by atoms with Crippen LogP contribution in [-0.2, 0) is 0 Å². The molecular formula is C8H8BN3. The molecule has 0 spiro atoms. The molecule has 1 heterocycles. The molecule has 4 heteroatoms. The largest absolute Gasteiger partial charge is 0.383 e. The summed E-state index contributed by atoms with van der Waals surface area (Å²) < 4.78 is 0. The van der Waals surface area contributed by atoms with Crippen molar-refractivity contribution in [1.29, 1.82) is 0 Å². The van der Waals surface area contributed by atoms with Gasteiger partial charge in [0, 0.05) is 11.3 Å². The lowest BCUT2D eigenvalue weighted by Crippen LogP contribution is -2.24. The van der Waals surface area contributed by atoms with Crippen LogP contribution in [-0.4, -0.2) is 20.4 Å². The molecule has 3 N–H and O–H groups in total. The van der Waals surface area contributed by atoms with Crippen LogP contribution in [0.4, 0.5) is 5.69 Å². The van der Waals surface area contributed by atoms with Gasteiger partial charge in [0.2, 0.25) is 0 Å². The smallest absolute Gasteiger partial charge is 0.129 e. The molecule has 0 saturated heterocycles.